The van der Waals surface area contributed by atoms with Gasteiger partial charge in [0.15, 0.2) is 0 Å². The Morgan fingerprint density at radius 1 is 1.37 bits per heavy atom. The topological polar surface area (TPSA) is 156 Å². The fourth-order valence-electron chi connectivity index (χ4n) is 1.08. The van der Waals surface area contributed by atoms with Crippen molar-refractivity contribution in [2.24, 2.45) is 5.73 Å². The molecular weight excluding hydrogens is 280 g/mol. The van der Waals surface area contributed by atoms with Crippen LogP contribution in [0.3, 0.4) is 0 Å². The van der Waals surface area contributed by atoms with Gasteiger partial charge in [-0.25, -0.2) is 13.2 Å². The number of nitrogens with two attached hydrogens (primary N) is 1. The zero-order valence-corrected chi connectivity index (χ0v) is 10.2. The van der Waals surface area contributed by atoms with E-state index in [2.05, 4.69) is 4.84 Å². The van der Waals surface area contributed by atoms with Gasteiger partial charge in [0.1, 0.15) is 17.9 Å². The summed E-state index contributed by atoms with van der Waals surface area (Å²) >= 11 is 0. The Hall–Kier alpha value is -2.17. The molecule has 0 heterocycles. The molecule has 0 aliphatic carbocycles. The summed E-state index contributed by atoms with van der Waals surface area (Å²) in [6.07, 6.45) is 0. The van der Waals surface area contributed by atoms with E-state index in [0.717, 1.165) is 18.2 Å². The van der Waals surface area contributed by atoms with E-state index in [1.165, 1.54) is 0 Å². The number of aromatic carboxylic acids is 1. The van der Waals surface area contributed by atoms with Gasteiger partial charge in [0.2, 0.25) is 5.91 Å². The number of phenols is 1. The molecule has 0 fully saturated rings. The highest BCUT2D eigenvalue weighted by atomic mass is 32.2. The molecule has 0 atom stereocenters. The molecule has 0 saturated heterocycles. The lowest BCUT2D eigenvalue weighted by molar-refractivity contribution is -0.123. The van der Waals surface area contributed by atoms with E-state index in [0.29, 0.717) is 0 Å². The largest absolute Gasteiger partial charge is 0.507 e. The van der Waals surface area contributed by atoms with Crippen LogP contribution >= 0.6 is 0 Å². The third-order valence-corrected chi connectivity index (χ3v) is 3.10. The van der Waals surface area contributed by atoms with E-state index in [4.69, 9.17) is 10.8 Å². The van der Waals surface area contributed by atoms with Gasteiger partial charge in [-0.05, 0) is 18.2 Å². The minimum absolute atomic E-state index is 0.452. The van der Waals surface area contributed by atoms with E-state index in [1.807, 2.05) is 0 Å². The van der Waals surface area contributed by atoms with Crippen LogP contribution in [0.5, 0.6) is 5.75 Å². The van der Waals surface area contributed by atoms with Gasteiger partial charge in [0.05, 0.1) is 4.90 Å². The standard InChI is InChI=1S/C9H10N2O7S/c10-8(13)4-18-11-19(16,17)5-1-2-7(12)6(3-5)9(14)15/h1-3,11-12H,4H2,(H2,10,13)(H,14,15). The highest BCUT2D eigenvalue weighted by molar-refractivity contribution is 7.89. The number of amides is 1. The lowest BCUT2D eigenvalue weighted by Gasteiger charge is -2.07. The van der Waals surface area contributed by atoms with Gasteiger partial charge >= 0.3 is 5.97 Å². The normalized spacial score (nSPS) is 11.2. The number of primary amides is 1. The van der Waals surface area contributed by atoms with Crippen LogP contribution in [0.1, 0.15) is 10.4 Å². The molecule has 9 nitrogen and oxygen atoms in total. The molecule has 5 N–H and O–H groups in total. The first kappa shape index (κ1) is 14.9. The van der Waals surface area contributed by atoms with Crippen molar-refractivity contribution in [3.8, 4) is 5.75 Å². The third-order valence-electron chi connectivity index (χ3n) is 1.89. The summed E-state index contributed by atoms with van der Waals surface area (Å²) in [5, 5.41) is 18.0. The Morgan fingerprint density at radius 3 is 2.53 bits per heavy atom. The number of nitrogens with one attached hydrogen (secondary N) is 1. The minimum atomic E-state index is -4.18. The van der Waals surface area contributed by atoms with E-state index >= 15 is 0 Å². The second kappa shape index (κ2) is 5.65. The highest BCUT2D eigenvalue weighted by Crippen LogP contribution is 2.21. The molecule has 0 aromatic heterocycles. The first-order valence-corrected chi connectivity index (χ1v) is 6.20. The number of hydrogen-bond donors (Lipinski definition) is 4. The Balaban J connectivity index is 2.99. The molecule has 1 amide bonds. The molecular formula is C9H10N2O7S. The molecule has 0 bridgehead atoms. The van der Waals surface area contributed by atoms with Gasteiger partial charge in [0, 0.05) is 0 Å². The van der Waals surface area contributed by atoms with Crippen LogP contribution < -0.4 is 10.6 Å². The molecule has 1 aromatic carbocycles. The summed E-state index contributed by atoms with van der Waals surface area (Å²) in [4.78, 5) is 26.6. The maximum absolute atomic E-state index is 11.6. The first-order valence-electron chi connectivity index (χ1n) is 4.72. The zero-order valence-electron chi connectivity index (χ0n) is 9.36. The van der Waals surface area contributed by atoms with Crippen molar-refractivity contribution in [1.82, 2.24) is 4.89 Å². The van der Waals surface area contributed by atoms with Crippen molar-refractivity contribution in [2.45, 2.75) is 4.90 Å². The molecule has 0 spiro atoms. The number of hydrogen-bond acceptors (Lipinski definition) is 6. The van der Waals surface area contributed by atoms with Crippen LogP contribution in [0, 0.1) is 0 Å². The molecule has 0 aliphatic rings. The van der Waals surface area contributed by atoms with Crippen molar-refractivity contribution in [1.29, 1.82) is 0 Å². The number of carboxylic acids is 1. The second-order valence-electron chi connectivity index (χ2n) is 3.33. The van der Waals surface area contributed by atoms with Gasteiger partial charge < -0.3 is 15.9 Å². The summed E-state index contributed by atoms with van der Waals surface area (Å²) in [5.41, 5.74) is 4.15. The van der Waals surface area contributed by atoms with Crippen molar-refractivity contribution >= 4 is 21.9 Å². The lowest BCUT2D eigenvalue weighted by Crippen LogP contribution is -2.29. The third kappa shape index (κ3) is 3.91. The second-order valence-corrected chi connectivity index (χ2v) is 4.97. The van der Waals surface area contributed by atoms with Gasteiger partial charge in [0.25, 0.3) is 10.0 Å². The van der Waals surface area contributed by atoms with Crippen LogP contribution in [0.2, 0.25) is 0 Å². The average molecular weight is 290 g/mol. The van der Waals surface area contributed by atoms with Crippen molar-refractivity contribution in [3.63, 3.8) is 0 Å². The average Bonchev–Trinajstić information content (AvgIpc) is 2.27. The molecule has 0 saturated carbocycles. The van der Waals surface area contributed by atoms with E-state index in [-0.39, 0.29) is 0 Å². The summed E-state index contributed by atoms with van der Waals surface area (Å²) < 4.78 is 23.3. The first-order chi connectivity index (χ1) is 8.74. The number of rotatable bonds is 6. The fourth-order valence-corrected chi connectivity index (χ4v) is 1.91. The molecule has 1 aromatic rings. The van der Waals surface area contributed by atoms with Crippen LogP contribution in [-0.4, -0.2) is 37.1 Å². The summed E-state index contributed by atoms with van der Waals surface area (Å²) in [7, 11) is -4.18. The number of carboxylic acid groups (broad SMARTS) is 1. The predicted octanol–water partition coefficient (Wildman–Crippen LogP) is -1.21. The molecule has 0 radical (unpaired) electrons. The maximum Gasteiger partial charge on any atom is 0.339 e. The lowest BCUT2D eigenvalue weighted by atomic mass is 10.2. The Labute approximate surface area is 107 Å². The highest BCUT2D eigenvalue weighted by Gasteiger charge is 2.19. The van der Waals surface area contributed by atoms with Crippen molar-refractivity contribution in [2.75, 3.05) is 6.61 Å². The summed E-state index contributed by atoms with van der Waals surface area (Å²) in [6.45, 7) is -0.677. The summed E-state index contributed by atoms with van der Waals surface area (Å²) in [6, 6.07) is 2.62. The summed E-state index contributed by atoms with van der Waals surface area (Å²) in [5.74, 6) is -2.96. The van der Waals surface area contributed by atoms with Crippen LogP contribution in [0.4, 0.5) is 0 Å². The molecule has 10 heteroatoms. The fraction of sp³-hybridized carbons (Fsp3) is 0.111. The van der Waals surface area contributed by atoms with E-state index in [9.17, 15) is 23.1 Å². The van der Waals surface area contributed by atoms with Crippen LogP contribution in [-0.2, 0) is 19.7 Å². The zero-order chi connectivity index (χ0) is 14.6. The Morgan fingerprint density at radius 2 is 2.00 bits per heavy atom. The van der Waals surface area contributed by atoms with Crippen molar-refractivity contribution < 1.29 is 33.1 Å². The predicted molar refractivity (Wildman–Crippen MR) is 60.5 cm³/mol. The number of carbonyl (C=O) groups is 2. The number of benzene rings is 1. The quantitative estimate of drug-likeness (QED) is 0.478. The number of aromatic hydroxyl groups is 1. The molecule has 104 valence electrons. The molecule has 19 heavy (non-hydrogen) atoms. The Bertz CT molecular complexity index is 611. The number of sulfonamides is 1. The Kier molecular flexibility index (Phi) is 4.43. The molecule has 0 aliphatic heterocycles. The van der Waals surface area contributed by atoms with Crippen LogP contribution in [0.25, 0.3) is 0 Å². The SMILES string of the molecule is NC(=O)CONS(=O)(=O)c1ccc(O)c(C(=O)O)c1. The van der Waals surface area contributed by atoms with Gasteiger partial charge in [-0.2, -0.15) is 0 Å². The monoisotopic (exact) mass is 290 g/mol. The maximum atomic E-state index is 11.6. The van der Waals surface area contributed by atoms with Gasteiger partial charge in [-0.1, -0.05) is 4.89 Å². The number of carbonyl (C=O) groups excluding carboxylic acids is 1. The van der Waals surface area contributed by atoms with Crippen molar-refractivity contribution in [3.05, 3.63) is 23.8 Å². The molecule has 1 rings (SSSR count). The van der Waals surface area contributed by atoms with E-state index in [1.54, 1.807) is 4.89 Å². The van der Waals surface area contributed by atoms with E-state index < -0.39 is 44.7 Å². The van der Waals surface area contributed by atoms with Crippen LogP contribution in [0.15, 0.2) is 23.1 Å². The molecule has 0 unspecified atom stereocenters. The minimum Gasteiger partial charge on any atom is -0.507 e. The van der Waals surface area contributed by atoms with Gasteiger partial charge in [-0.15, -0.1) is 0 Å². The van der Waals surface area contributed by atoms with Gasteiger partial charge in [-0.3, -0.25) is 9.63 Å². The smallest absolute Gasteiger partial charge is 0.339 e.